The Hall–Kier alpha value is -0.600. The predicted molar refractivity (Wildman–Crippen MR) is 77.3 cm³/mol. The minimum Gasteiger partial charge on any atom is -0.373 e. The van der Waals surface area contributed by atoms with E-state index in [2.05, 4.69) is 54.9 Å². The number of hydrogen-bond donors (Lipinski definition) is 0. The first-order chi connectivity index (χ1) is 7.95. The summed E-state index contributed by atoms with van der Waals surface area (Å²) in [5.74, 6) is 0. The third-order valence-electron chi connectivity index (χ3n) is 2.59. The van der Waals surface area contributed by atoms with Crippen molar-refractivity contribution in [1.29, 1.82) is 0 Å². The highest BCUT2D eigenvalue weighted by molar-refractivity contribution is 9.10. The molecule has 0 aliphatic heterocycles. The van der Waals surface area contributed by atoms with E-state index in [9.17, 15) is 0 Å². The van der Waals surface area contributed by atoms with Crippen molar-refractivity contribution < 1.29 is 4.74 Å². The summed E-state index contributed by atoms with van der Waals surface area (Å²) in [6, 6.07) is 6.40. The van der Waals surface area contributed by atoms with E-state index in [1.807, 2.05) is 19.1 Å². The highest BCUT2D eigenvalue weighted by Crippen LogP contribution is 2.29. The van der Waals surface area contributed by atoms with Crippen molar-refractivity contribution in [3.63, 3.8) is 0 Å². The molecule has 0 N–H and O–H groups in total. The Bertz CT molecular complexity index is 388. The van der Waals surface area contributed by atoms with E-state index in [4.69, 9.17) is 4.74 Å². The molecule has 0 saturated heterocycles. The van der Waals surface area contributed by atoms with Crippen LogP contribution in [0.2, 0.25) is 0 Å². The van der Waals surface area contributed by atoms with Gasteiger partial charge >= 0.3 is 0 Å². The molecule has 0 heterocycles. The number of halogens is 1. The van der Waals surface area contributed by atoms with Crippen molar-refractivity contribution in [2.45, 2.75) is 39.7 Å². The van der Waals surface area contributed by atoms with Crippen LogP contribution in [0.1, 0.15) is 38.8 Å². The van der Waals surface area contributed by atoms with Crippen molar-refractivity contribution in [1.82, 2.24) is 0 Å². The maximum atomic E-state index is 5.63. The van der Waals surface area contributed by atoms with Crippen molar-refractivity contribution in [2.24, 2.45) is 0 Å². The molecule has 1 rings (SSSR count). The van der Waals surface area contributed by atoms with Gasteiger partial charge in [-0.05, 0) is 35.6 Å². The number of benzene rings is 1. The Morgan fingerprint density at radius 2 is 2.00 bits per heavy atom. The van der Waals surface area contributed by atoms with E-state index in [0.29, 0.717) is 13.2 Å². The van der Waals surface area contributed by atoms with Gasteiger partial charge in [0.25, 0.3) is 0 Å². The smallest absolute Gasteiger partial charge is 0.0724 e. The number of allylic oxidation sites excluding steroid dienone is 1. The van der Waals surface area contributed by atoms with Crippen LogP contribution in [0.25, 0.3) is 0 Å². The molecule has 0 atom stereocenters. The van der Waals surface area contributed by atoms with Crippen molar-refractivity contribution in [3.05, 3.63) is 46.0 Å². The lowest BCUT2D eigenvalue weighted by atomic mass is 9.84. The van der Waals surface area contributed by atoms with Crippen LogP contribution in [-0.2, 0) is 16.8 Å². The summed E-state index contributed by atoms with van der Waals surface area (Å²) in [5.41, 5.74) is 2.75. The fourth-order valence-electron chi connectivity index (χ4n) is 1.71. The average molecular weight is 297 g/mol. The average Bonchev–Trinajstić information content (AvgIpc) is 2.25. The van der Waals surface area contributed by atoms with Crippen LogP contribution in [0, 0.1) is 0 Å². The Labute approximate surface area is 113 Å². The lowest BCUT2D eigenvalue weighted by molar-refractivity contribution is 0.147. The first kappa shape index (κ1) is 14.5. The molecule has 1 aromatic carbocycles. The lowest BCUT2D eigenvalue weighted by Crippen LogP contribution is -2.15. The van der Waals surface area contributed by atoms with Gasteiger partial charge in [0, 0.05) is 4.47 Å². The summed E-state index contributed by atoms with van der Waals surface area (Å²) in [4.78, 5) is 0. The van der Waals surface area contributed by atoms with Gasteiger partial charge in [-0.3, -0.25) is 0 Å². The van der Waals surface area contributed by atoms with Crippen LogP contribution in [0.5, 0.6) is 0 Å². The van der Waals surface area contributed by atoms with E-state index < -0.39 is 0 Å². The molecule has 2 heteroatoms. The maximum absolute atomic E-state index is 5.63. The second-order valence-electron chi connectivity index (χ2n) is 5.14. The van der Waals surface area contributed by atoms with E-state index in [-0.39, 0.29) is 5.41 Å². The molecule has 0 radical (unpaired) electrons. The molecule has 0 unspecified atom stereocenters. The molecule has 0 bridgehead atoms. The summed E-state index contributed by atoms with van der Waals surface area (Å²) in [7, 11) is 0. The SMILES string of the molecule is CC=CCOCc1ccc(Br)cc1C(C)(C)C. The highest BCUT2D eigenvalue weighted by Gasteiger charge is 2.18. The number of hydrogen-bond acceptors (Lipinski definition) is 1. The van der Waals surface area contributed by atoms with E-state index >= 15 is 0 Å². The third-order valence-corrected chi connectivity index (χ3v) is 3.08. The predicted octanol–water partition coefficient (Wildman–Crippen LogP) is 4.84. The van der Waals surface area contributed by atoms with Crippen LogP contribution in [0.3, 0.4) is 0 Å². The minimum absolute atomic E-state index is 0.142. The van der Waals surface area contributed by atoms with Crippen molar-refractivity contribution >= 4 is 15.9 Å². The molecule has 0 amide bonds. The molecule has 0 fully saturated rings. The molecule has 17 heavy (non-hydrogen) atoms. The van der Waals surface area contributed by atoms with Crippen LogP contribution >= 0.6 is 15.9 Å². The summed E-state index contributed by atoms with van der Waals surface area (Å²) < 4.78 is 6.76. The van der Waals surface area contributed by atoms with Gasteiger partial charge in [0.15, 0.2) is 0 Å². The summed E-state index contributed by atoms with van der Waals surface area (Å²) in [6.45, 7) is 10.0. The fourth-order valence-corrected chi connectivity index (χ4v) is 2.07. The first-order valence-electron chi connectivity index (χ1n) is 5.93. The van der Waals surface area contributed by atoms with Gasteiger partial charge in [-0.15, -0.1) is 0 Å². The molecular formula is C15H21BrO. The van der Waals surface area contributed by atoms with Crippen LogP contribution in [0.15, 0.2) is 34.8 Å². The zero-order chi connectivity index (χ0) is 12.9. The Kier molecular flexibility index (Phi) is 5.41. The Morgan fingerprint density at radius 3 is 2.59 bits per heavy atom. The minimum atomic E-state index is 0.142. The van der Waals surface area contributed by atoms with Crippen LogP contribution < -0.4 is 0 Å². The van der Waals surface area contributed by atoms with Gasteiger partial charge in [0.2, 0.25) is 0 Å². The van der Waals surface area contributed by atoms with E-state index in [0.717, 1.165) is 4.47 Å². The summed E-state index contributed by atoms with van der Waals surface area (Å²) >= 11 is 3.53. The molecule has 0 aliphatic carbocycles. The van der Waals surface area contributed by atoms with E-state index in [1.165, 1.54) is 11.1 Å². The standard InChI is InChI=1S/C15H21BrO/c1-5-6-9-17-11-12-7-8-13(16)10-14(12)15(2,3)4/h5-8,10H,9,11H2,1-4H3. The topological polar surface area (TPSA) is 9.23 Å². The number of rotatable bonds is 4. The zero-order valence-electron chi connectivity index (χ0n) is 11.1. The molecule has 1 aromatic rings. The van der Waals surface area contributed by atoms with Gasteiger partial charge < -0.3 is 4.74 Å². The largest absolute Gasteiger partial charge is 0.373 e. The monoisotopic (exact) mass is 296 g/mol. The third kappa shape index (κ3) is 4.64. The fraction of sp³-hybridized carbons (Fsp3) is 0.467. The van der Waals surface area contributed by atoms with Crippen LogP contribution in [-0.4, -0.2) is 6.61 Å². The molecular weight excluding hydrogens is 276 g/mol. The van der Waals surface area contributed by atoms with Crippen molar-refractivity contribution in [2.75, 3.05) is 6.61 Å². The molecule has 0 saturated carbocycles. The van der Waals surface area contributed by atoms with Crippen LogP contribution in [0.4, 0.5) is 0 Å². The molecule has 94 valence electrons. The van der Waals surface area contributed by atoms with Gasteiger partial charge in [-0.1, -0.05) is 54.9 Å². The van der Waals surface area contributed by atoms with Crippen molar-refractivity contribution in [3.8, 4) is 0 Å². The second kappa shape index (κ2) is 6.36. The highest BCUT2D eigenvalue weighted by atomic mass is 79.9. The first-order valence-corrected chi connectivity index (χ1v) is 6.72. The Morgan fingerprint density at radius 1 is 1.29 bits per heavy atom. The quantitative estimate of drug-likeness (QED) is 0.571. The number of ether oxygens (including phenoxy) is 1. The molecule has 0 aliphatic rings. The normalized spacial score (nSPS) is 12.3. The summed E-state index contributed by atoms with van der Waals surface area (Å²) in [5, 5.41) is 0. The van der Waals surface area contributed by atoms with Gasteiger partial charge in [-0.2, -0.15) is 0 Å². The molecule has 0 spiro atoms. The summed E-state index contributed by atoms with van der Waals surface area (Å²) in [6.07, 6.45) is 4.03. The maximum Gasteiger partial charge on any atom is 0.0724 e. The lowest BCUT2D eigenvalue weighted by Gasteiger charge is -2.23. The van der Waals surface area contributed by atoms with Gasteiger partial charge in [0.1, 0.15) is 0 Å². The molecule has 0 aromatic heterocycles. The molecule has 1 nitrogen and oxygen atoms in total. The van der Waals surface area contributed by atoms with E-state index in [1.54, 1.807) is 0 Å². The zero-order valence-corrected chi connectivity index (χ0v) is 12.7. The van der Waals surface area contributed by atoms with Gasteiger partial charge in [0.05, 0.1) is 13.2 Å². The Balaban J connectivity index is 2.84. The van der Waals surface area contributed by atoms with Gasteiger partial charge in [-0.25, -0.2) is 0 Å². The second-order valence-corrected chi connectivity index (χ2v) is 6.05.